The van der Waals surface area contributed by atoms with Crippen LogP contribution in [-0.4, -0.2) is 40.7 Å². The molecule has 158 valence electrons. The van der Waals surface area contributed by atoms with Crippen LogP contribution in [0.1, 0.15) is 42.6 Å². The van der Waals surface area contributed by atoms with E-state index < -0.39 is 51.8 Å². The molecule has 0 aromatic heterocycles. The van der Waals surface area contributed by atoms with Crippen molar-refractivity contribution >= 4 is 34.6 Å². The highest BCUT2D eigenvalue weighted by Crippen LogP contribution is 2.31. The fourth-order valence-corrected chi connectivity index (χ4v) is 3.76. The number of thioether (sulfide) groups is 1. The number of rotatable bonds is 6. The van der Waals surface area contributed by atoms with Gasteiger partial charge in [-0.3, -0.25) is 14.4 Å². The first-order valence-corrected chi connectivity index (χ1v) is 9.76. The van der Waals surface area contributed by atoms with Gasteiger partial charge in [0.25, 0.3) is 0 Å². The fraction of sp³-hybridized carbons (Fsp3) is 0.474. The molecule has 1 aliphatic rings. The highest BCUT2D eigenvalue weighted by Gasteiger charge is 2.37. The van der Waals surface area contributed by atoms with Crippen LogP contribution in [0.4, 0.5) is 13.2 Å². The third-order valence-electron chi connectivity index (χ3n) is 4.40. The summed E-state index contributed by atoms with van der Waals surface area (Å²) in [4.78, 5) is 48.8. The van der Waals surface area contributed by atoms with Gasteiger partial charge >= 0.3 is 18.1 Å². The molecule has 1 aromatic rings. The molecular weight excluding hydrogens is 411 g/mol. The number of benzene rings is 1. The van der Waals surface area contributed by atoms with Crippen LogP contribution < -0.4 is 5.32 Å². The van der Waals surface area contributed by atoms with Crippen LogP contribution in [0.3, 0.4) is 0 Å². The van der Waals surface area contributed by atoms with E-state index in [0.29, 0.717) is 30.8 Å². The quantitative estimate of drug-likeness (QED) is 0.421. The zero-order valence-corrected chi connectivity index (χ0v) is 16.6. The van der Waals surface area contributed by atoms with Gasteiger partial charge in [0.1, 0.15) is 6.04 Å². The maximum absolute atomic E-state index is 12.9. The minimum absolute atomic E-state index is 0.290. The summed E-state index contributed by atoms with van der Waals surface area (Å²) in [6.45, 7) is 3.08. The average Bonchev–Trinajstić information content (AvgIpc) is 3.19. The standard InChI is InChI=1S/C19H20F3NO5S/c1-10(17(26)28-18(27)14-7-4-8-23-14)16(29-11(2)24)15(25)12-5-3-6-13(9-12)19(20,21)22/h3,5-6,9-10,14,16,23H,4,7-8H2,1-2H3/t10?,14-,16?/m0/s1. The monoisotopic (exact) mass is 431 g/mol. The molecule has 29 heavy (non-hydrogen) atoms. The van der Waals surface area contributed by atoms with E-state index in [2.05, 4.69) is 5.32 Å². The molecule has 2 unspecified atom stereocenters. The Morgan fingerprint density at radius 2 is 1.93 bits per heavy atom. The summed E-state index contributed by atoms with van der Waals surface area (Å²) >= 11 is 0.514. The summed E-state index contributed by atoms with van der Waals surface area (Å²) in [6, 6.07) is 3.11. The largest absolute Gasteiger partial charge is 0.416 e. The number of carbonyl (C=O) groups excluding carboxylic acids is 4. The molecule has 0 amide bonds. The first-order chi connectivity index (χ1) is 13.5. The molecular formula is C19H20F3NO5S. The molecule has 0 radical (unpaired) electrons. The van der Waals surface area contributed by atoms with Gasteiger partial charge in [-0.1, -0.05) is 30.8 Å². The van der Waals surface area contributed by atoms with Crippen molar-refractivity contribution in [3.63, 3.8) is 0 Å². The Morgan fingerprint density at radius 3 is 2.48 bits per heavy atom. The number of esters is 2. The smallest absolute Gasteiger partial charge is 0.392 e. The Labute approximate surface area is 169 Å². The van der Waals surface area contributed by atoms with Crippen LogP contribution in [0.15, 0.2) is 24.3 Å². The van der Waals surface area contributed by atoms with E-state index in [1.165, 1.54) is 19.9 Å². The highest BCUT2D eigenvalue weighted by atomic mass is 32.2. The summed E-state index contributed by atoms with van der Waals surface area (Å²) < 4.78 is 43.6. The topological polar surface area (TPSA) is 89.5 Å². The van der Waals surface area contributed by atoms with Gasteiger partial charge < -0.3 is 10.1 Å². The van der Waals surface area contributed by atoms with Crippen LogP contribution in [0, 0.1) is 5.92 Å². The number of alkyl halides is 3. The lowest BCUT2D eigenvalue weighted by atomic mass is 9.97. The second-order valence-corrected chi connectivity index (χ2v) is 7.97. The number of nitrogens with one attached hydrogen (secondary N) is 1. The molecule has 3 atom stereocenters. The predicted molar refractivity (Wildman–Crippen MR) is 99.1 cm³/mol. The number of carbonyl (C=O) groups is 4. The summed E-state index contributed by atoms with van der Waals surface area (Å²) in [5, 5.41) is 1.04. The Hall–Kier alpha value is -2.20. The van der Waals surface area contributed by atoms with Crippen molar-refractivity contribution < 1.29 is 37.1 Å². The number of hydrogen-bond acceptors (Lipinski definition) is 7. The minimum atomic E-state index is -4.65. The average molecular weight is 431 g/mol. The van der Waals surface area contributed by atoms with Gasteiger partial charge in [0, 0.05) is 12.5 Å². The van der Waals surface area contributed by atoms with Gasteiger partial charge in [0.05, 0.1) is 16.7 Å². The van der Waals surface area contributed by atoms with Crippen LogP contribution in [-0.2, 0) is 25.3 Å². The molecule has 1 N–H and O–H groups in total. The third-order valence-corrected chi connectivity index (χ3v) is 5.61. The first kappa shape index (κ1) is 23.1. The molecule has 1 fully saturated rings. The number of hydrogen-bond donors (Lipinski definition) is 1. The van der Waals surface area contributed by atoms with Crippen LogP contribution in [0.5, 0.6) is 0 Å². The fourth-order valence-electron chi connectivity index (χ4n) is 2.85. The number of halogens is 3. The van der Waals surface area contributed by atoms with Gasteiger partial charge in [-0.25, -0.2) is 4.79 Å². The molecule has 0 spiro atoms. The SMILES string of the molecule is CC(=O)SC(C(=O)c1cccc(C(F)(F)F)c1)C(C)C(=O)OC(=O)[C@@H]1CCCN1. The van der Waals surface area contributed by atoms with Gasteiger partial charge in [-0.2, -0.15) is 13.2 Å². The third kappa shape index (κ3) is 6.14. The first-order valence-electron chi connectivity index (χ1n) is 8.88. The van der Waals surface area contributed by atoms with E-state index in [4.69, 9.17) is 4.74 Å². The van der Waals surface area contributed by atoms with Crippen molar-refractivity contribution in [2.75, 3.05) is 6.54 Å². The molecule has 2 rings (SSSR count). The van der Waals surface area contributed by atoms with E-state index in [-0.39, 0.29) is 5.56 Å². The zero-order chi connectivity index (χ0) is 21.8. The van der Waals surface area contributed by atoms with Crippen molar-refractivity contribution in [3.8, 4) is 0 Å². The second-order valence-electron chi connectivity index (χ2n) is 6.65. The van der Waals surface area contributed by atoms with E-state index in [0.717, 1.165) is 18.6 Å². The molecule has 0 saturated carbocycles. The molecule has 0 aliphatic carbocycles. The van der Waals surface area contributed by atoms with E-state index in [1.807, 2.05) is 0 Å². The lowest BCUT2D eigenvalue weighted by molar-refractivity contribution is -0.163. The summed E-state index contributed by atoms with van der Waals surface area (Å²) in [5.74, 6) is -3.84. The van der Waals surface area contributed by atoms with Gasteiger partial charge in [0.15, 0.2) is 10.9 Å². The van der Waals surface area contributed by atoms with E-state index >= 15 is 0 Å². The Balaban J connectivity index is 2.21. The summed E-state index contributed by atoms with van der Waals surface area (Å²) in [7, 11) is 0. The number of ketones is 1. The van der Waals surface area contributed by atoms with Crippen molar-refractivity contribution in [1.29, 1.82) is 0 Å². The summed E-state index contributed by atoms with van der Waals surface area (Å²) in [5.41, 5.74) is -1.31. The molecule has 1 saturated heterocycles. The lowest BCUT2D eigenvalue weighted by Gasteiger charge is -2.21. The van der Waals surface area contributed by atoms with E-state index in [1.54, 1.807) is 0 Å². The van der Waals surface area contributed by atoms with Crippen molar-refractivity contribution in [2.45, 2.75) is 44.2 Å². The molecule has 10 heteroatoms. The minimum Gasteiger partial charge on any atom is -0.392 e. The molecule has 1 aromatic carbocycles. The number of ether oxygens (including phenoxy) is 1. The van der Waals surface area contributed by atoms with E-state index in [9.17, 15) is 32.3 Å². The molecule has 0 bridgehead atoms. The Morgan fingerprint density at radius 1 is 1.24 bits per heavy atom. The number of Topliss-reactive ketones (excluding diaryl/α,β-unsaturated/α-hetero) is 1. The van der Waals surface area contributed by atoms with Gasteiger partial charge in [-0.15, -0.1) is 0 Å². The van der Waals surface area contributed by atoms with Crippen molar-refractivity contribution in [2.24, 2.45) is 5.92 Å². The lowest BCUT2D eigenvalue weighted by Crippen LogP contribution is -2.38. The molecule has 6 nitrogen and oxygen atoms in total. The normalized spacial score (nSPS) is 18.7. The summed E-state index contributed by atoms with van der Waals surface area (Å²) in [6.07, 6.45) is -3.39. The highest BCUT2D eigenvalue weighted by molar-refractivity contribution is 8.14. The van der Waals surface area contributed by atoms with Crippen molar-refractivity contribution in [1.82, 2.24) is 5.32 Å². The van der Waals surface area contributed by atoms with Gasteiger partial charge in [0.2, 0.25) is 0 Å². The van der Waals surface area contributed by atoms with Crippen LogP contribution >= 0.6 is 11.8 Å². The van der Waals surface area contributed by atoms with Crippen molar-refractivity contribution in [3.05, 3.63) is 35.4 Å². The molecule has 1 heterocycles. The zero-order valence-electron chi connectivity index (χ0n) is 15.7. The second kappa shape index (κ2) is 9.53. The Kier molecular flexibility index (Phi) is 7.59. The predicted octanol–water partition coefficient (Wildman–Crippen LogP) is 2.99. The van der Waals surface area contributed by atoms with Crippen LogP contribution in [0.25, 0.3) is 0 Å². The van der Waals surface area contributed by atoms with Gasteiger partial charge in [-0.05, 0) is 31.5 Å². The maximum atomic E-state index is 12.9. The maximum Gasteiger partial charge on any atom is 0.416 e. The Bertz CT molecular complexity index is 805. The van der Waals surface area contributed by atoms with Crippen LogP contribution in [0.2, 0.25) is 0 Å². The molecule has 1 aliphatic heterocycles.